The van der Waals surface area contributed by atoms with Gasteiger partial charge in [-0.3, -0.25) is 0 Å². The molecule has 2 aromatic rings. The van der Waals surface area contributed by atoms with E-state index in [9.17, 15) is 0 Å². The Bertz CT molecular complexity index is 556. The fraction of sp³-hybridized carbons (Fsp3) is 0.294. The molecule has 0 amide bonds. The van der Waals surface area contributed by atoms with E-state index >= 15 is 0 Å². The first-order valence-electron chi connectivity index (χ1n) is 6.76. The molecule has 0 aliphatic rings. The van der Waals surface area contributed by atoms with Crippen LogP contribution in [0.3, 0.4) is 0 Å². The lowest BCUT2D eigenvalue weighted by Crippen LogP contribution is -2.12. The van der Waals surface area contributed by atoms with E-state index in [1.807, 2.05) is 6.07 Å². The normalized spacial score (nSPS) is 12.7. The van der Waals surface area contributed by atoms with E-state index in [0.717, 1.165) is 26.5 Å². The summed E-state index contributed by atoms with van der Waals surface area (Å²) in [5.74, 6) is 0.676. The molecule has 1 unspecified atom stereocenters. The van der Waals surface area contributed by atoms with Gasteiger partial charge >= 0.3 is 0 Å². The summed E-state index contributed by atoms with van der Waals surface area (Å²) < 4.78 is 2.07. The van der Waals surface area contributed by atoms with Gasteiger partial charge in [0.25, 0.3) is 0 Å². The summed E-state index contributed by atoms with van der Waals surface area (Å²) in [5, 5.41) is 0. The molecule has 2 aromatic carbocycles. The maximum absolute atomic E-state index is 6.36. The summed E-state index contributed by atoms with van der Waals surface area (Å²) in [5.41, 5.74) is 9.97. The first-order chi connectivity index (χ1) is 9.45. The molecule has 0 heterocycles. The summed E-state index contributed by atoms with van der Waals surface area (Å²) in [4.78, 5) is 0. The van der Waals surface area contributed by atoms with Crippen molar-refractivity contribution in [1.82, 2.24) is 0 Å². The lowest BCUT2D eigenvalue weighted by atomic mass is 9.96. The average Bonchev–Trinajstić information content (AvgIpc) is 2.37. The molecule has 0 saturated heterocycles. The van der Waals surface area contributed by atoms with Gasteiger partial charge in [0.2, 0.25) is 0 Å². The van der Waals surface area contributed by atoms with Crippen LogP contribution >= 0.6 is 31.9 Å². The standard InChI is InChI=1S/C17H19Br2N/c1-11(2)7-12-3-5-13(6-4-12)17(20)14-8-15(18)10-16(19)9-14/h3-6,8-11,17H,7,20H2,1-2H3. The zero-order valence-corrected chi connectivity index (χ0v) is 14.9. The minimum atomic E-state index is -0.100. The van der Waals surface area contributed by atoms with Gasteiger partial charge in [0, 0.05) is 8.95 Å². The Kier molecular flexibility index (Phi) is 5.42. The monoisotopic (exact) mass is 395 g/mol. The Morgan fingerprint density at radius 1 is 0.900 bits per heavy atom. The van der Waals surface area contributed by atoms with Crippen LogP contribution in [0.1, 0.15) is 36.6 Å². The average molecular weight is 397 g/mol. The molecule has 0 bridgehead atoms. The Hall–Kier alpha value is -0.640. The second-order valence-corrected chi connectivity index (χ2v) is 7.35. The highest BCUT2D eigenvalue weighted by Crippen LogP contribution is 2.27. The molecule has 0 fully saturated rings. The van der Waals surface area contributed by atoms with Crippen LogP contribution in [-0.4, -0.2) is 0 Å². The van der Waals surface area contributed by atoms with Crippen molar-refractivity contribution in [1.29, 1.82) is 0 Å². The van der Waals surface area contributed by atoms with E-state index in [4.69, 9.17) is 5.73 Å². The van der Waals surface area contributed by atoms with E-state index in [0.29, 0.717) is 5.92 Å². The summed E-state index contributed by atoms with van der Waals surface area (Å²) >= 11 is 7.01. The smallest absolute Gasteiger partial charge is 0.0552 e. The lowest BCUT2D eigenvalue weighted by molar-refractivity contribution is 0.647. The molecule has 1 atom stereocenters. The van der Waals surface area contributed by atoms with Crippen molar-refractivity contribution < 1.29 is 0 Å². The summed E-state index contributed by atoms with van der Waals surface area (Å²) in [6.07, 6.45) is 1.11. The predicted molar refractivity (Wildman–Crippen MR) is 92.9 cm³/mol. The molecule has 1 nitrogen and oxygen atoms in total. The highest BCUT2D eigenvalue weighted by molar-refractivity contribution is 9.11. The maximum Gasteiger partial charge on any atom is 0.0552 e. The van der Waals surface area contributed by atoms with Crippen LogP contribution in [0.2, 0.25) is 0 Å². The largest absolute Gasteiger partial charge is 0.320 e. The molecule has 0 saturated carbocycles. The van der Waals surface area contributed by atoms with E-state index in [1.165, 1.54) is 5.56 Å². The van der Waals surface area contributed by atoms with Crippen LogP contribution in [0.5, 0.6) is 0 Å². The van der Waals surface area contributed by atoms with Gasteiger partial charge < -0.3 is 5.73 Å². The third kappa shape index (κ3) is 4.18. The zero-order valence-electron chi connectivity index (χ0n) is 11.7. The Labute approximate surface area is 137 Å². The van der Waals surface area contributed by atoms with Crippen molar-refractivity contribution in [3.05, 3.63) is 68.1 Å². The van der Waals surface area contributed by atoms with Crippen molar-refractivity contribution in [3.8, 4) is 0 Å². The Balaban J connectivity index is 2.22. The maximum atomic E-state index is 6.36. The molecule has 2 N–H and O–H groups in total. The number of hydrogen-bond acceptors (Lipinski definition) is 1. The number of halogens is 2. The highest BCUT2D eigenvalue weighted by atomic mass is 79.9. The van der Waals surface area contributed by atoms with Crippen molar-refractivity contribution in [2.45, 2.75) is 26.3 Å². The van der Waals surface area contributed by atoms with Crippen LogP contribution in [0.15, 0.2) is 51.4 Å². The third-order valence-electron chi connectivity index (χ3n) is 3.23. The first kappa shape index (κ1) is 15.7. The van der Waals surface area contributed by atoms with Crippen LogP contribution in [0, 0.1) is 5.92 Å². The van der Waals surface area contributed by atoms with Crippen LogP contribution in [0.4, 0.5) is 0 Å². The fourth-order valence-electron chi connectivity index (χ4n) is 2.28. The quantitative estimate of drug-likeness (QED) is 0.729. The van der Waals surface area contributed by atoms with Crippen LogP contribution in [-0.2, 0) is 6.42 Å². The van der Waals surface area contributed by atoms with Crippen molar-refractivity contribution in [2.75, 3.05) is 0 Å². The Morgan fingerprint density at radius 2 is 1.45 bits per heavy atom. The van der Waals surface area contributed by atoms with Crippen molar-refractivity contribution in [2.24, 2.45) is 11.7 Å². The van der Waals surface area contributed by atoms with Crippen LogP contribution in [0.25, 0.3) is 0 Å². The van der Waals surface area contributed by atoms with E-state index < -0.39 is 0 Å². The molecule has 106 valence electrons. The molecular weight excluding hydrogens is 378 g/mol. The second-order valence-electron chi connectivity index (χ2n) is 5.52. The van der Waals surface area contributed by atoms with E-state index in [-0.39, 0.29) is 6.04 Å². The minimum Gasteiger partial charge on any atom is -0.320 e. The van der Waals surface area contributed by atoms with Gasteiger partial charge in [0.1, 0.15) is 0 Å². The topological polar surface area (TPSA) is 26.0 Å². The molecular formula is C17H19Br2N. The minimum absolute atomic E-state index is 0.100. The number of hydrogen-bond donors (Lipinski definition) is 1. The zero-order chi connectivity index (χ0) is 14.7. The second kappa shape index (κ2) is 6.88. The lowest BCUT2D eigenvalue weighted by Gasteiger charge is -2.14. The summed E-state index contributed by atoms with van der Waals surface area (Å²) in [6.45, 7) is 4.47. The van der Waals surface area contributed by atoms with Gasteiger partial charge in [0.15, 0.2) is 0 Å². The summed E-state index contributed by atoms with van der Waals surface area (Å²) in [7, 11) is 0. The molecule has 20 heavy (non-hydrogen) atoms. The summed E-state index contributed by atoms with van der Waals surface area (Å²) in [6, 6.07) is 14.7. The molecule has 3 heteroatoms. The SMILES string of the molecule is CC(C)Cc1ccc(C(N)c2cc(Br)cc(Br)c2)cc1. The number of nitrogens with two attached hydrogens (primary N) is 1. The van der Waals surface area contributed by atoms with Gasteiger partial charge in [-0.25, -0.2) is 0 Å². The van der Waals surface area contributed by atoms with E-state index in [2.05, 4.69) is 82.1 Å². The highest BCUT2D eigenvalue weighted by Gasteiger charge is 2.10. The molecule has 2 rings (SSSR count). The third-order valence-corrected chi connectivity index (χ3v) is 4.14. The van der Waals surface area contributed by atoms with Crippen molar-refractivity contribution >= 4 is 31.9 Å². The number of rotatable bonds is 4. The number of benzene rings is 2. The molecule has 0 aliphatic carbocycles. The van der Waals surface area contributed by atoms with E-state index in [1.54, 1.807) is 0 Å². The predicted octanol–water partition coefficient (Wildman–Crippen LogP) is 5.46. The van der Waals surface area contributed by atoms with Gasteiger partial charge in [0.05, 0.1) is 6.04 Å². The van der Waals surface area contributed by atoms with Gasteiger partial charge in [-0.15, -0.1) is 0 Å². The van der Waals surface area contributed by atoms with Gasteiger partial charge in [-0.2, -0.15) is 0 Å². The fourth-order valence-corrected chi connectivity index (χ4v) is 3.61. The Morgan fingerprint density at radius 3 is 1.95 bits per heavy atom. The first-order valence-corrected chi connectivity index (χ1v) is 8.34. The van der Waals surface area contributed by atoms with Crippen LogP contribution < -0.4 is 5.73 Å². The van der Waals surface area contributed by atoms with Gasteiger partial charge in [-0.1, -0.05) is 70.0 Å². The van der Waals surface area contributed by atoms with Crippen molar-refractivity contribution in [3.63, 3.8) is 0 Å². The molecule has 0 aromatic heterocycles. The molecule has 0 radical (unpaired) electrons. The van der Waals surface area contributed by atoms with Gasteiger partial charge in [-0.05, 0) is 47.2 Å². The molecule has 0 spiro atoms. The molecule has 0 aliphatic heterocycles.